The van der Waals surface area contributed by atoms with E-state index < -0.39 is 0 Å². The molecule has 0 bridgehead atoms. The van der Waals surface area contributed by atoms with Crippen LogP contribution in [0.1, 0.15) is 23.6 Å². The summed E-state index contributed by atoms with van der Waals surface area (Å²) in [5.41, 5.74) is 7.59. The Hall–Kier alpha value is -1.82. The van der Waals surface area contributed by atoms with Gasteiger partial charge >= 0.3 is 0 Å². The molecule has 0 heterocycles. The summed E-state index contributed by atoms with van der Waals surface area (Å²) >= 11 is 0. The monoisotopic (exact) mass is 222 g/mol. The van der Waals surface area contributed by atoms with Crippen LogP contribution in [-0.2, 0) is 0 Å². The molecule has 0 aliphatic heterocycles. The predicted molar refractivity (Wildman–Crippen MR) is 76.1 cm³/mol. The van der Waals surface area contributed by atoms with Crippen molar-refractivity contribution in [2.45, 2.75) is 20.8 Å². The van der Waals surface area contributed by atoms with Gasteiger partial charge in [0.25, 0.3) is 0 Å². The summed E-state index contributed by atoms with van der Waals surface area (Å²) in [6, 6.07) is 14.9. The fourth-order valence-electron chi connectivity index (χ4n) is 2.33. The Kier molecular flexibility index (Phi) is 3.14. The van der Waals surface area contributed by atoms with E-state index in [-0.39, 0.29) is 0 Å². The molecule has 0 N–H and O–H groups in total. The maximum Gasteiger partial charge on any atom is -0.0104 e. The lowest BCUT2D eigenvalue weighted by molar-refractivity contribution is 1.39. The minimum absolute atomic E-state index is 1.13. The molecule has 0 radical (unpaired) electrons. The topological polar surface area (TPSA) is 0 Å². The van der Waals surface area contributed by atoms with E-state index in [0.717, 1.165) is 5.57 Å². The number of aryl methyl sites for hydroxylation is 2. The summed E-state index contributed by atoms with van der Waals surface area (Å²) in [5, 5.41) is 0. The van der Waals surface area contributed by atoms with Crippen LogP contribution in [0.15, 0.2) is 49.0 Å². The summed E-state index contributed by atoms with van der Waals surface area (Å²) in [6.45, 7) is 10.5. The van der Waals surface area contributed by atoms with Gasteiger partial charge in [-0.15, -0.1) is 0 Å². The molecular weight excluding hydrogens is 204 g/mol. The molecule has 0 aliphatic carbocycles. The summed E-state index contributed by atoms with van der Waals surface area (Å²) in [4.78, 5) is 0. The molecule has 0 amide bonds. The molecule has 2 aromatic carbocycles. The van der Waals surface area contributed by atoms with Gasteiger partial charge in [-0.3, -0.25) is 0 Å². The second-order valence-electron chi connectivity index (χ2n) is 4.59. The summed E-state index contributed by atoms with van der Waals surface area (Å²) in [7, 11) is 0. The molecule has 0 heteroatoms. The number of allylic oxidation sites excluding steroid dienone is 1. The van der Waals surface area contributed by atoms with E-state index in [1.54, 1.807) is 0 Å². The third-order valence-electron chi connectivity index (χ3n) is 3.13. The van der Waals surface area contributed by atoms with E-state index in [0.29, 0.717) is 0 Å². The third kappa shape index (κ3) is 2.16. The second-order valence-corrected chi connectivity index (χ2v) is 4.59. The van der Waals surface area contributed by atoms with Crippen LogP contribution < -0.4 is 0 Å². The maximum absolute atomic E-state index is 4.10. The van der Waals surface area contributed by atoms with Gasteiger partial charge in [0.15, 0.2) is 0 Å². The molecule has 0 aromatic heterocycles. The van der Waals surface area contributed by atoms with Crippen molar-refractivity contribution < 1.29 is 0 Å². The van der Waals surface area contributed by atoms with Crippen LogP contribution in [0.5, 0.6) is 0 Å². The zero-order valence-electron chi connectivity index (χ0n) is 10.7. The Bertz CT molecular complexity index is 562. The molecular formula is C17H18. The molecule has 0 saturated heterocycles. The molecule has 0 atom stereocenters. The van der Waals surface area contributed by atoms with Gasteiger partial charge in [0.2, 0.25) is 0 Å². The molecule has 0 fully saturated rings. The van der Waals surface area contributed by atoms with E-state index in [9.17, 15) is 0 Å². The van der Waals surface area contributed by atoms with Crippen molar-refractivity contribution in [1.82, 2.24) is 0 Å². The highest BCUT2D eigenvalue weighted by molar-refractivity contribution is 5.82. The zero-order valence-corrected chi connectivity index (χ0v) is 10.7. The van der Waals surface area contributed by atoms with Crippen molar-refractivity contribution in [2.75, 3.05) is 0 Å². The first kappa shape index (κ1) is 11.7. The van der Waals surface area contributed by atoms with Gasteiger partial charge < -0.3 is 0 Å². The lowest BCUT2D eigenvalue weighted by Gasteiger charge is -2.14. The summed E-state index contributed by atoms with van der Waals surface area (Å²) in [5.74, 6) is 0. The molecule has 0 unspecified atom stereocenters. The fourth-order valence-corrected chi connectivity index (χ4v) is 2.33. The molecule has 0 spiro atoms. The molecule has 86 valence electrons. The van der Waals surface area contributed by atoms with Gasteiger partial charge in [0.05, 0.1) is 0 Å². The molecule has 2 aromatic rings. The van der Waals surface area contributed by atoms with E-state index in [2.05, 4.69) is 69.8 Å². The largest absolute Gasteiger partial charge is 0.0955 e. The lowest BCUT2D eigenvalue weighted by atomic mass is 9.90. The standard InChI is InChI=1S/C17H18/c1-12(2)17-14(4)9-7-11-16(17)15-10-6-5-8-13(15)3/h5-11H,1H2,2-4H3. The maximum atomic E-state index is 4.10. The third-order valence-corrected chi connectivity index (χ3v) is 3.13. The van der Waals surface area contributed by atoms with Crippen molar-refractivity contribution in [3.05, 3.63) is 65.7 Å². The van der Waals surface area contributed by atoms with Crippen molar-refractivity contribution >= 4 is 5.57 Å². The SMILES string of the molecule is C=C(C)c1c(C)cccc1-c1ccccc1C. The molecule has 0 aliphatic rings. The Balaban J connectivity index is 2.72. The van der Waals surface area contributed by atoms with Crippen LogP contribution in [0.3, 0.4) is 0 Å². The number of hydrogen-bond donors (Lipinski definition) is 0. The Labute approximate surface area is 104 Å². The second kappa shape index (κ2) is 4.58. The van der Waals surface area contributed by atoms with Crippen LogP contribution in [0.25, 0.3) is 16.7 Å². The minimum Gasteiger partial charge on any atom is -0.0955 e. The zero-order chi connectivity index (χ0) is 12.4. The molecule has 2 rings (SSSR count). The van der Waals surface area contributed by atoms with E-state index in [4.69, 9.17) is 0 Å². The Morgan fingerprint density at radius 2 is 1.41 bits per heavy atom. The van der Waals surface area contributed by atoms with E-state index in [1.165, 1.54) is 27.8 Å². The van der Waals surface area contributed by atoms with E-state index in [1.807, 2.05) is 0 Å². The van der Waals surface area contributed by atoms with Crippen LogP contribution >= 0.6 is 0 Å². The highest BCUT2D eigenvalue weighted by Crippen LogP contribution is 2.32. The summed E-state index contributed by atoms with van der Waals surface area (Å²) < 4.78 is 0. The first-order chi connectivity index (χ1) is 8.11. The van der Waals surface area contributed by atoms with E-state index >= 15 is 0 Å². The van der Waals surface area contributed by atoms with Gasteiger partial charge in [-0.1, -0.05) is 54.6 Å². The van der Waals surface area contributed by atoms with Gasteiger partial charge in [-0.25, -0.2) is 0 Å². The normalized spacial score (nSPS) is 10.3. The molecule has 17 heavy (non-hydrogen) atoms. The number of benzene rings is 2. The molecule has 0 nitrogen and oxygen atoms in total. The van der Waals surface area contributed by atoms with Crippen LogP contribution in [0.2, 0.25) is 0 Å². The first-order valence-electron chi connectivity index (χ1n) is 5.92. The van der Waals surface area contributed by atoms with Gasteiger partial charge in [-0.2, -0.15) is 0 Å². The number of hydrogen-bond acceptors (Lipinski definition) is 0. The van der Waals surface area contributed by atoms with Crippen molar-refractivity contribution in [3.8, 4) is 11.1 Å². The quantitative estimate of drug-likeness (QED) is 0.670. The van der Waals surface area contributed by atoms with Gasteiger partial charge in [0.1, 0.15) is 0 Å². The Morgan fingerprint density at radius 1 is 0.824 bits per heavy atom. The van der Waals surface area contributed by atoms with Crippen molar-refractivity contribution in [3.63, 3.8) is 0 Å². The van der Waals surface area contributed by atoms with Gasteiger partial charge in [-0.05, 0) is 48.6 Å². The average Bonchev–Trinajstić information content (AvgIpc) is 2.28. The highest BCUT2D eigenvalue weighted by Gasteiger charge is 2.09. The average molecular weight is 222 g/mol. The number of rotatable bonds is 2. The smallest absolute Gasteiger partial charge is 0.0104 e. The predicted octanol–water partition coefficient (Wildman–Crippen LogP) is 5.00. The van der Waals surface area contributed by atoms with Crippen LogP contribution in [0.4, 0.5) is 0 Å². The Morgan fingerprint density at radius 3 is 2.06 bits per heavy atom. The van der Waals surface area contributed by atoms with Crippen LogP contribution in [-0.4, -0.2) is 0 Å². The van der Waals surface area contributed by atoms with Crippen LogP contribution in [0, 0.1) is 13.8 Å². The van der Waals surface area contributed by atoms with Gasteiger partial charge in [0, 0.05) is 0 Å². The molecule has 0 saturated carbocycles. The highest BCUT2D eigenvalue weighted by atomic mass is 14.1. The summed E-state index contributed by atoms with van der Waals surface area (Å²) in [6.07, 6.45) is 0. The first-order valence-corrected chi connectivity index (χ1v) is 5.92. The van der Waals surface area contributed by atoms with Crippen molar-refractivity contribution in [1.29, 1.82) is 0 Å². The minimum atomic E-state index is 1.13. The van der Waals surface area contributed by atoms with Crippen molar-refractivity contribution in [2.24, 2.45) is 0 Å². The lowest BCUT2D eigenvalue weighted by Crippen LogP contribution is -1.92. The fraction of sp³-hybridized carbons (Fsp3) is 0.176.